The summed E-state index contributed by atoms with van der Waals surface area (Å²) in [5.74, 6) is -1.34. The summed E-state index contributed by atoms with van der Waals surface area (Å²) in [6.45, 7) is -0.265. The number of rotatable bonds is 6. The molecule has 7 nitrogen and oxygen atoms in total. The Labute approximate surface area is 201 Å². The molecule has 0 aliphatic rings. The molecule has 170 valence electrons. The van der Waals surface area contributed by atoms with E-state index in [-0.39, 0.29) is 18.9 Å². The van der Waals surface area contributed by atoms with Crippen LogP contribution in [-0.2, 0) is 16.0 Å². The number of fused-ring (bicyclic) bond motifs is 1. The van der Waals surface area contributed by atoms with Crippen LogP contribution in [0.3, 0.4) is 0 Å². The van der Waals surface area contributed by atoms with Gasteiger partial charge in [0.25, 0.3) is 11.8 Å². The number of aromatic nitrogens is 1. The number of hydrazine groups is 1. The zero-order valence-corrected chi connectivity index (χ0v) is 18.8. The lowest BCUT2D eigenvalue weighted by Crippen LogP contribution is -2.46. The highest BCUT2D eigenvalue weighted by atomic mass is 35.5. The average molecular weight is 473 g/mol. The predicted octanol–water partition coefficient (Wildman–Crippen LogP) is 3.68. The van der Waals surface area contributed by atoms with E-state index in [0.29, 0.717) is 27.2 Å². The fourth-order valence-electron chi connectivity index (χ4n) is 3.39. The second-order valence-corrected chi connectivity index (χ2v) is 7.96. The molecular formula is C26H21ClN4O3. The Morgan fingerprint density at radius 3 is 2.26 bits per heavy atom. The zero-order chi connectivity index (χ0) is 23.9. The monoisotopic (exact) mass is 472 g/mol. The summed E-state index contributed by atoms with van der Waals surface area (Å²) in [6, 6.07) is 25.2. The van der Waals surface area contributed by atoms with E-state index in [1.54, 1.807) is 24.3 Å². The van der Waals surface area contributed by atoms with Crippen molar-refractivity contribution in [1.82, 2.24) is 21.2 Å². The first-order valence-electron chi connectivity index (χ1n) is 10.5. The summed E-state index contributed by atoms with van der Waals surface area (Å²) in [7, 11) is 0. The van der Waals surface area contributed by atoms with Gasteiger partial charge in [0.15, 0.2) is 0 Å². The SMILES string of the molecule is O=C(Cc1ccccc1)NCC(=O)NNC(=O)c1cc(-c2ccc(Cl)cc2)nc2ccccc12. The molecule has 3 N–H and O–H groups in total. The van der Waals surface area contributed by atoms with Crippen LogP contribution in [0.4, 0.5) is 0 Å². The van der Waals surface area contributed by atoms with E-state index >= 15 is 0 Å². The van der Waals surface area contributed by atoms with Gasteiger partial charge in [0, 0.05) is 16.0 Å². The summed E-state index contributed by atoms with van der Waals surface area (Å²) in [5, 5.41) is 3.78. The Kier molecular flexibility index (Phi) is 7.15. The van der Waals surface area contributed by atoms with Crippen LogP contribution in [0.5, 0.6) is 0 Å². The van der Waals surface area contributed by atoms with Gasteiger partial charge >= 0.3 is 0 Å². The molecular weight excluding hydrogens is 452 g/mol. The smallest absolute Gasteiger partial charge is 0.270 e. The number of carbonyl (C=O) groups excluding carboxylic acids is 3. The lowest BCUT2D eigenvalue weighted by Gasteiger charge is -2.12. The Morgan fingerprint density at radius 2 is 1.50 bits per heavy atom. The molecule has 4 rings (SSSR count). The number of hydrogen-bond acceptors (Lipinski definition) is 4. The van der Waals surface area contributed by atoms with E-state index in [0.717, 1.165) is 11.1 Å². The summed E-state index contributed by atoms with van der Waals surface area (Å²) >= 11 is 5.98. The normalized spacial score (nSPS) is 10.5. The standard InChI is InChI=1S/C26H21ClN4O3/c27-19-12-10-18(11-13-19)23-15-21(20-8-4-5-9-22(20)29-23)26(34)31-30-25(33)16-28-24(32)14-17-6-2-1-3-7-17/h1-13,15H,14,16H2,(H,28,32)(H,30,33)(H,31,34). The molecule has 0 saturated heterocycles. The van der Waals surface area contributed by atoms with E-state index in [1.807, 2.05) is 60.7 Å². The number of halogens is 1. The molecule has 0 aliphatic carbocycles. The molecule has 4 aromatic rings. The molecule has 3 amide bonds. The molecule has 0 atom stereocenters. The van der Waals surface area contributed by atoms with Crippen molar-refractivity contribution in [1.29, 1.82) is 0 Å². The molecule has 0 bridgehead atoms. The van der Waals surface area contributed by atoms with Gasteiger partial charge in [-0.05, 0) is 29.8 Å². The van der Waals surface area contributed by atoms with Crippen molar-refractivity contribution < 1.29 is 14.4 Å². The van der Waals surface area contributed by atoms with Crippen molar-refractivity contribution >= 4 is 40.2 Å². The Hall–Kier alpha value is -4.23. The number of pyridine rings is 1. The van der Waals surface area contributed by atoms with Gasteiger partial charge in [0.05, 0.1) is 29.7 Å². The Bertz CT molecular complexity index is 1340. The molecule has 0 unspecified atom stereocenters. The average Bonchev–Trinajstić information content (AvgIpc) is 2.86. The largest absolute Gasteiger partial charge is 0.347 e. The van der Waals surface area contributed by atoms with Crippen LogP contribution in [-0.4, -0.2) is 29.3 Å². The third-order valence-electron chi connectivity index (χ3n) is 5.07. The van der Waals surface area contributed by atoms with E-state index in [2.05, 4.69) is 21.2 Å². The number of carbonyl (C=O) groups is 3. The first kappa shape index (κ1) is 22.9. The van der Waals surface area contributed by atoms with Crippen molar-refractivity contribution in [2.24, 2.45) is 0 Å². The van der Waals surface area contributed by atoms with E-state index in [9.17, 15) is 14.4 Å². The highest BCUT2D eigenvalue weighted by Gasteiger charge is 2.15. The number of benzene rings is 3. The fourth-order valence-corrected chi connectivity index (χ4v) is 3.52. The lowest BCUT2D eigenvalue weighted by molar-refractivity contribution is -0.126. The molecule has 8 heteroatoms. The number of hydrogen-bond donors (Lipinski definition) is 3. The first-order valence-corrected chi connectivity index (χ1v) is 10.9. The molecule has 0 spiro atoms. The predicted molar refractivity (Wildman–Crippen MR) is 131 cm³/mol. The van der Waals surface area contributed by atoms with E-state index < -0.39 is 11.8 Å². The molecule has 3 aromatic carbocycles. The maximum absolute atomic E-state index is 12.9. The van der Waals surface area contributed by atoms with Crippen LogP contribution in [0, 0.1) is 0 Å². The van der Waals surface area contributed by atoms with Crippen molar-refractivity contribution in [3.63, 3.8) is 0 Å². The highest BCUT2D eigenvalue weighted by molar-refractivity contribution is 6.30. The van der Waals surface area contributed by atoms with E-state index in [1.165, 1.54) is 0 Å². The summed E-state index contributed by atoms with van der Waals surface area (Å²) in [5.41, 5.74) is 7.98. The minimum Gasteiger partial charge on any atom is -0.347 e. The minimum absolute atomic E-state index is 0.164. The minimum atomic E-state index is -0.550. The van der Waals surface area contributed by atoms with Crippen molar-refractivity contribution in [3.8, 4) is 11.3 Å². The summed E-state index contributed by atoms with van der Waals surface area (Å²) < 4.78 is 0. The van der Waals surface area contributed by atoms with Crippen LogP contribution >= 0.6 is 11.6 Å². The van der Waals surface area contributed by atoms with Crippen molar-refractivity contribution in [2.75, 3.05) is 6.54 Å². The van der Waals surface area contributed by atoms with Crippen LogP contribution in [0.1, 0.15) is 15.9 Å². The zero-order valence-electron chi connectivity index (χ0n) is 18.0. The van der Waals surface area contributed by atoms with Crippen LogP contribution in [0.15, 0.2) is 84.9 Å². The van der Waals surface area contributed by atoms with Crippen LogP contribution < -0.4 is 16.2 Å². The van der Waals surface area contributed by atoms with Gasteiger partial charge in [0.2, 0.25) is 5.91 Å². The molecule has 0 fully saturated rings. The molecule has 0 radical (unpaired) electrons. The second-order valence-electron chi connectivity index (χ2n) is 7.52. The van der Waals surface area contributed by atoms with Crippen LogP contribution in [0.2, 0.25) is 5.02 Å². The lowest BCUT2D eigenvalue weighted by atomic mass is 10.0. The Morgan fingerprint density at radius 1 is 0.794 bits per heavy atom. The first-order chi connectivity index (χ1) is 16.5. The Balaban J connectivity index is 1.41. The van der Waals surface area contributed by atoms with E-state index in [4.69, 9.17) is 11.6 Å². The number of amides is 3. The molecule has 1 heterocycles. The summed E-state index contributed by atoms with van der Waals surface area (Å²) in [4.78, 5) is 41.7. The molecule has 0 aliphatic heterocycles. The van der Waals surface area contributed by atoms with Gasteiger partial charge < -0.3 is 5.32 Å². The topological polar surface area (TPSA) is 100 Å². The number of para-hydroxylation sites is 1. The second kappa shape index (κ2) is 10.6. The molecule has 1 aromatic heterocycles. The number of nitrogens with zero attached hydrogens (tertiary/aromatic N) is 1. The van der Waals surface area contributed by atoms with Crippen LogP contribution in [0.25, 0.3) is 22.2 Å². The van der Waals surface area contributed by atoms with Gasteiger partial charge in [0.1, 0.15) is 0 Å². The van der Waals surface area contributed by atoms with Crippen molar-refractivity contribution in [3.05, 3.63) is 101 Å². The number of nitrogens with one attached hydrogen (secondary N) is 3. The van der Waals surface area contributed by atoms with Gasteiger partial charge in [-0.15, -0.1) is 0 Å². The third-order valence-corrected chi connectivity index (χ3v) is 5.32. The molecule has 0 saturated carbocycles. The van der Waals surface area contributed by atoms with Gasteiger partial charge in [-0.3, -0.25) is 25.2 Å². The van der Waals surface area contributed by atoms with Crippen molar-refractivity contribution in [2.45, 2.75) is 6.42 Å². The van der Waals surface area contributed by atoms with Gasteiger partial charge in [-0.2, -0.15) is 0 Å². The van der Waals surface area contributed by atoms with Gasteiger partial charge in [-0.25, -0.2) is 4.98 Å². The quantitative estimate of drug-likeness (QED) is 0.373. The maximum atomic E-state index is 12.9. The highest BCUT2D eigenvalue weighted by Crippen LogP contribution is 2.25. The maximum Gasteiger partial charge on any atom is 0.270 e. The third kappa shape index (κ3) is 5.76. The summed E-state index contributed by atoms with van der Waals surface area (Å²) in [6.07, 6.45) is 0.164. The molecule has 34 heavy (non-hydrogen) atoms. The van der Waals surface area contributed by atoms with Gasteiger partial charge in [-0.1, -0.05) is 72.3 Å². The fraction of sp³-hybridized carbons (Fsp3) is 0.0769.